The van der Waals surface area contributed by atoms with Gasteiger partial charge in [-0.15, -0.1) is 0 Å². The third-order valence-corrected chi connectivity index (χ3v) is 3.70. The van der Waals surface area contributed by atoms with Gasteiger partial charge in [0.2, 0.25) is 11.8 Å². The molecular formula is C13H23N3O4. The highest BCUT2D eigenvalue weighted by Crippen LogP contribution is 2.11. The molecule has 114 valence electrons. The Balaban J connectivity index is 1.71. The van der Waals surface area contributed by atoms with Gasteiger partial charge in [-0.25, -0.2) is 0 Å². The van der Waals surface area contributed by atoms with Crippen LogP contribution >= 0.6 is 0 Å². The molecule has 0 spiro atoms. The van der Waals surface area contributed by atoms with Crippen LogP contribution in [0, 0.1) is 0 Å². The zero-order valence-electron chi connectivity index (χ0n) is 11.9. The number of carbonyl (C=O) groups is 2. The van der Waals surface area contributed by atoms with E-state index in [4.69, 9.17) is 9.47 Å². The van der Waals surface area contributed by atoms with Gasteiger partial charge in [-0.2, -0.15) is 0 Å². The molecule has 0 radical (unpaired) electrons. The fraction of sp³-hybridized carbons (Fsp3) is 0.846. The Morgan fingerprint density at radius 1 is 1.40 bits per heavy atom. The molecule has 2 N–H and O–H groups in total. The first-order valence-corrected chi connectivity index (χ1v) is 7.09. The fourth-order valence-electron chi connectivity index (χ4n) is 2.52. The van der Waals surface area contributed by atoms with Crippen LogP contribution in [0.2, 0.25) is 0 Å². The Hall–Kier alpha value is -1.18. The second-order valence-corrected chi connectivity index (χ2v) is 5.18. The Morgan fingerprint density at radius 3 is 2.75 bits per heavy atom. The average molecular weight is 285 g/mol. The van der Waals surface area contributed by atoms with Crippen LogP contribution in [0.5, 0.6) is 0 Å². The molecule has 0 saturated carbocycles. The molecule has 0 aromatic rings. The number of ether oxygens (including phenoxy) is 2. The van der Waals surface area contributed by atoms with E-state index in [0.29, 0.717) is 32.8 Å². The van der Waals surface area contributed by atoms with Gasteiger partial charge in [-0.05, 0) is 12.8 Å². The van der Waals surface area contributed by atoms with Crippen molar-refractivity contribution in [1.29, 1.82) is 0 Å². The van der Waals surface area contributed by atoms with Gasteiger partial charge in [0.15, 0.2) is 0 Å². The first-order valence-electron chi connectivity index (χ1n) is 7.09. The van der Waals surface area contributed by atoms with Crippen LogP contribution in [-0.4, -0.2) is 75.4 Å². The number of likely N-dealkylation sites (tertiary alicyclic amines) is 1. The fourth-order valence-corrected chi connectivity index (χ4v) is 2.52. The number of hydrogen-bond acceptors (Lipinski definition) is 5. The molecule has 2 aliphatic heterocycles. The summed E-state index contributed by atoms with van der Waals surface area (Å²) in [6.45, 7) is 3.26. The van der Waals surface area contributed by atoms with Crippen molar-refractivity contribution in [3.63, 3.8) is 0 Å². The zero-order chi connectivity index (χ0) is 14.4. The number of methoxy groups -OCH3 is 1. The summed E-state index contributed by atoms with van der Waals surface area (Å²) in [5.41, 5.74) is 0. The summed E-state index contributed by atoms with van der Waals surface area (Å²) in [4.78, 5) is 25.5. The van der Waals surface area contributed by atoms with Crippen molar-refractivity contribution >= 4 is 11.8 Å². The van der Waals surface area contributed by atoms with E-state index in [0.717, 1.165) is 12.8 Å². The monoisotopic (exact) mass is 285 g/mol. The highest BCUT2D eigenvalue weighted by molar-refractivity contribution is 5.82. The minimum atomic E-state index is -0.253. The van der Waals surface area contributed by atoms with E-state index >= 15 is 0 Å². The van der Waals surface area contributed by atoms with Crippen LogP contribution < -0.4 is 10.6 Å². The standard InChI is InChI=1S/C13H23N3O4/c1-19-9-12(17)16-5-2-10(3-6-16)15-13(18)11-8-20-7-4-14-11/h10-11,14H,2-9H2,1H3,(H,15,18). The SMILES string of the molecule is COCC(=O)N1CCC(NC(=O)C2COCCN2)CC1. The number of morpholine rings is 1. The second-order valence-electron chi connectivity index (χ2n) is 5.18. The van der Waals surface area contributed by atoms with Gasteiger partial charge >= 0.3 is 0 Å². The van der Waals surface area contributed by atoms with Crippen LogP contribution in [0.25, 0.3) is 0 Å². The molecule has 7 heteroatoms. The lowest BCUT2D eigenvalue weighted by Gasteiger charge is -2.33. The van der Waals surface area contributed by atoms with Crippen LogP contribution in [0.3, 0.4) is 0 Å². The molecule has 7 nitrogen and oxygen atoms in total. The predicted octanol–water partition coefficient (Wildman–Crippen LogP) is -1.27. The third kappa shape index (κ3) is 4.16. The summed E-state index contributed by atoms with van der Waals surface area (Å²) in [6, 6.07) is -0.116. The van der Waals surface area contributed by atoms with Crippen LogP contribution in [0.15, 0.2) is 0 Å². The van der Waals surface area contributed by atoms with Gasteiger partial charge in [0.05, 0.1) is 13.2 Å². The van der Waals surface area contributed by atoms with Crippen molar-refractivity contribution in [3.05, 3.63) is 0 Å². The molecule has 2 saturated heterocycles. The predicted molar refractivity (Wildman–Crippen MR) is 72.2 cm³/mol. The summed E-state index contributed by atoms with van der Waals surface area (Å²) in [5, 5.41) is 6.16. The number of amides is 2. The minimum Gasteiger partial charge on any atom is -0.378 e. The number of hydrogen-bond donors (Lipinski definition) is 2. The van der Waals surface area contributed by atoms with Gasteiger partial charge in [0.25, 0.3) is 0 Å². The maximum absolute atomic E-state index is 12.0. The Labute approximate surface area is 119 Å². The topological polar surface area (TPSA) is 79.9 Å². The van der Waals surface area contributed by atoms with E-state index in [9.17, 15) is 9.59 Å². The van der Waals surface area contributed by atoms with E-state index < -0.39 is 0 Å². The highest BCUT2D eigenvalue weighted by Gasteiger charge is 2.27. The highest BCUT2D eigenvalue weighted by atomic mass is 16.5. The molecule has 0 aromatic carbocycles. The van der Waals surface area contributed by atoms with E-state index in [1.165, 1.54) is 7.11 Å². The molecule has 2 aliphatic rings. The van der Waals surface area contributed by atoms with Crippen molar-refractivity contribution < 1.29 is 19.1 Å². The Bertz CT molecular complexity index is 337. The molecular weight excluding hydrogens is 262 g/mol. The van der Waals surface area contributed by atoms with Gasteiger partial charge in [-0.3, -0.25) is 9.59 Å². The second kappa shape index (κ2) is 7.56. The lowest BCUT2D eigenvalue weighted by Crippen LogP contribution is -2.55. The number of nitrogens with zero attached hydrogens (tertiary/aromatic N) is 1. The third-order valence-electron chi connectivity index (χ3n) is 3.70. The first kappa shape index (κ1) is 15.2. The zero-order valence-corrected chi connectivity index (χ0v) is 11.9. The molecule has 2 amide bonds. The Morgan fingerprint density at radius 2 is 2.15 bits per heavy atom. The van der Waals surface area contributed by atoms with Crippen LogP contribution in [0.1, 0.15) is 12.8 Å². The summed E-state index contributed by atoms with van der Waals surface area (Å²) < 4.78 is 10.1. The lowest BCUT2D eigenvalue weighted by molar-refractivity contribution is -0.136. The molecule has 2 heterocycles. The summed E-state index contributed by atoms with van der Waals surface area (Å²) in [6.07, 6.45) is 1.57. The van der Waals surface area contributed by atoms with Crippen molar-refractivity contribution in [3.8, 4) is 0 Å². The van der Waals surface area contributed by atoms with E-state index in [-0.39, 0.29) is 30.5 Å². The number of piperidine rings is 1. The normalized spacial score (nSPS) is 24.4. The molecule has 1 atom stereocenters. The van der Waals surface area contributed by atoms with Gasteiger partial charge in [0, 0.05) is 32.8 Å². The quantitative estimate of drug-likeness (QED) is 0.673. The molecule has 1 unspecified atom stereocenters. The van der Waals surface area contributed by atoms with E-state index in [1.54, 1.807) is 4.90 Å². The van der Waals surface area contributed by atoms with Crippen molar-refractivity contribution in [2.24, 2.45) is 0 Å². The summed E-state index contributed by atoms with van der Waals surface area (Å²) >= 11 is 0. The van der Waals surface area contributed by atoms with Gasteiger partial charge in [0.1, 0.15) is 12.6 Å². The lowest BCUT2D eigenvalue weighted by atomic mass is 10.0. The minimum absolute atomic E-state index is 0.00799. The number of rotatable bonds is 4. The largest absolute Gasteiger partial charge is 0.378 e. The molecule has 2 fully saturated rings. The van der Waals surface area contributed by atoms with Crippen molar-refractivity contribution in [2.75, 3.05) is 46.6 Å². The number of carbonyl (C=O) groups excluding carboxylic acids is 2. The maximum Gasteiger partial charge on any atom is 0.248 e. The molecule has 0 aliphatic carbocycles. The molecule has 2 rings (SSSR count). The smallest absolute Gasteiger partial charge is 0.248 e. The van der Waals surface area contributed by atoms with Gasteiger partial charge < -0.3 is 25.0 Å². The molecule has 20 heavy (non-hydrogen) atoms. The average Bonchev–Trinajstić information content (AvgIpc) is 2.49. The maximum atomic E-state index is 12.0. The van der Waals surface area contributed by atoms with Crippen molar-refractivity contribution in [2.45, 2.75) is 24.9 Å². The molecule has 0 aromatic heterocycles. The Kier molecular flexibility index (Phi) is 5.75. The summed E-state index contributed by atoms with van der Waals surface area (Å²) in [7, 11) is 1.52. The number of nitrogens with one attached hydrogen (secondary N) is 2. The van der Waals surface area contributed by atoms with E-state index in [2.05, 4.69) is 10.6 Å². The van der Waals surface area contributed by atoms with E-state index in [1.807, 2.05) is 0 Å². The van der Waals surface area contributed by atoms with Gasteiger partial charge in [-0.1, -0.05) is 0 Å². The summed E-state index contributed by atoms with van der Waals surface area (Å²) in [5.74, 6) is 0.00555. The van der Waals surface area contributed by atoms with Crippen LogP contribution in [0.4, 0.5) is 0 Å². The molecule has 0 bridgehead atoms. The first-order chi connectivity index (χ1) is 9.70. The van der Waals surface area contributed by atoms with Crippen molar-refractivity contribution in [1.82, 2.24) is 15.5 Å². The van der Waals surface area contributed by atoms with Crippen LogP contribution in [-0.2, 0) is 19.1 Å².